The first-order valence-corrected chi connectivity index (χ1v) is 8.74. The number of amides is 1. The molecule has 1 amide bonds. The van der Waals surface area contributed by atoms with E-state index in [0.717, 1.165) is 9.37 Å². The molecule has 3 rings (SSSR count). The van der Waals surface area contributed by atoms with Gasteiger partial charge < -0.3 is 0 Å². The second-order valence-corrected chi connectivity index (χ2v) is 7.66. The zero-order valence-electron chi connectivity index (χ0n) is 10.8. The van der Waals surface area contributed by atoms with E-state index in [1.165, 1.54) is 0 Å². The summed E-state index contributed by atoms with van der Waals surface area (Å²) >= 11 is 9.16. The highest BCUT2D eigenvalue weighted by molar-refractivity contribution is 9.10. The third kappa shape index (κ3) is 2.80. The van der Waals surface area contributed by atoms with Crippen molar-refractivity contribution >= 4 is 60.4 Å². The summed E-state index contributed by atoms with van der Waals surface area (Å²) in [7, 11) is -4.80. The van der Waals surface area contributed by atoms with E-state index >= 15 is 0 Å². The molecule has 1 fully saturated rings. The van der Waals surface area contributed by atoms with E-state index in [4.69, 9.17) is 11.6 Å². The summed E-state index contributed by atoms with van der Waals surface area (Å²) in [5.74, 6) is -0.352. The molecule has 116 valence electrons. The SMILES string of the molecule is O=C1CC(S(=O)(=O)F)CN1c1nc(Cl)nc2ccc(Br)cc12. The smallest absolute Gasteiger partial charge is 0.295 e. The Morgan fingerprint density at radius 2 is 2.09 bits per heavy atom. The minimum atomic E-state index is -4.80. The lowest BCUT2D eigenvalue weighted by molar-refractivity contribution is -0.117. The first kappa shape index (κ1) is 15.6. The number of carbonyl (C=O) groups is 1. The van der Waals surface area contributed by atoms with E-state index in [9.17, 15) is 17.1 Å². The molecule has 0 radical (unpaired) electrons. The van der Waals surface area contributed by atoms with E-state index in [1.807, 2.05) is 0 Å². The monoisotopic (exact) mass is 407 g/mol. The summed E-state index contributed by atoms with van der Waals surface area (Å²) < 4.78 is 35.9. The summed E-state index contributed by atoms with van der Waals surface area (Å²) in [5.41, 5.74) is 0.498. The lowest BCUT2D eigenvalue weighted by Crippen LogP contribution is -2.28. The molecule has 1 aromatic heterocycles. The third-order valence-corrected chi connectivity index (χ3v) is 5.13. The van der Waals surface area contributed by atoms with Gasteiger partial charge in [-0.3, -0.25) is 9.69 Å². The number of hydrogen-bond acceptors (Lipinski definition) is 5. The molecule has 0 aliphatic carbocycles. The number of hydrogen-bond donors (Lipinski definition) is 0. The first-order chi connectivity index (χ1) is 10.3. The Hall–Kier alpha value is -1.32. The largest absolute Gasteiger partial charge is 0.307 e. The molecule has 2 aromatic rings. The molecule has 22 heavy (non-hydrogen) atoms. The zero-order valence-corrected chi connectivity index (χ0v) is 14.0. The summed E-state index contributed by atoms with van der Waals surface area (Å²) in [4.78, 5) is 21.2. The predicted octanol–water partition coefficient (Wildman–Crippen LogP) is 2.45. The van der Waals surface area contributed by atoms with Crippen LogP contribution in [0.25, 0.3) is 10.9 Å². The molecular formula is C12H8BrClFN3O3S. The van der Waals surface area contributed by atoms with Crippen molar-refractivity contribution < 1.29 is 17.1 Å². The molecule has 1 atom stereocenters. The molecule has 2 heterocycles. The topological polar surface area (TPSA) is 80.2 Å². The molecule has 1 saturated heterocycles. The fourth-order valence-electron chi connectivity index (χ4n) is 2.33. The summed E-state index contributed by atoms with van der Waals surface area (Å²) in [6.07, 6.45) is -0.421. The van der Waals surface area contributed by atoms with E-state index < -0.39 is 27.8 Å². The van der Waals surface area contributed by atoms with Crippen LogP contribution in [0.5, 0.6) is 0 Å². The van der Waals surface area contributed by atoms with Gasteiger partial charge in [-0.15, -0.1) is 3.89 Å². The molecule has 1 unspecified atom stereocenters. The highest BCUT2D eigenvalue weighted by Gasteiger charge is 2.40. The van der Waals surface area contributed by atoms with Crippen molar-refractivity contribution in [2.75, 3.05) is 11.4 Å². The van der Waals surface area contributed by atoms with E-state index in [0.29, 0.717) is 10.9 Å². The van der Waals surface area contributed by atoms with Gasteiger partial charge in [0.1, 0.15) is 11.1 Å². The van der Waals surface area contributed by atoms with Crippen molar-refractivity contribution in [2.45, 2.75) is 11.7 Å². The standard InChI is InChI=1S/C12H8BrClFN3O3S/c13-6-1-2-9-8(3-6)11(17-12(14)16-9)18-5-7(4-10(18)19)22(15,20)21/h1-3,7H,4-5H2. The van der Waals surface area contributed by atoms with Crippen LogP contribution >= 0.6 is 27.5 Å². The number of carbonyl (C=O) groups excluding carboxylic acids is 1. The average molecular weight is 409 g/mol. The van der Waals surface area contributed by atoms with Gasteiger partial charge in [-0.05, 0) is 29.8 Å². The van der Waals surface area contributed by atoms with Gasteiger partial charge in [0.05, 0.1) is 5.52 Å². The van der Waals surface area contributed by atoms with Crippen LogP contribution in [0.3, 0.4) is 0 Å². The van der Waals surface area contributed by atoms with Gasteiger partial charge in [-0.1, -0.05) is 15.9 Å². The van der Waals surface area contributed by atoms with Crippen LogP contribution in [0, 0.1) is 0 Å². The molecule has 6 nitrogen and oxygen atoms in total. The van der Waals surface area contributed by atoms with Gasteiger partial charge >= 0.3 is 10.2 Å². The molecular weight excluding hydrogens is 401 g/mol. The number of benzene rings is 1. The Balaban J connectivity index is 2.14. The Morgan fingerprint density at radius 1 is 1.36 bits per heavy atom. The predicted molar refractivity (Wildman–Crippen MR) is 83.0 cm³/mol. The van der Waals surface area contributed by atoms with Crippen molar-refractivity contribution in [2.24, 2.45) is 0 Å². The van der Waals surface area contributed by atoms with Gasteiger partial charge in [-0.25, -0.2) is 4.98 Å². The maximum absolute atomic E-state index is 13.1. The normalized spacial score (nSPS) is 19.1. The highest BCUT2D eigenvalue weighted by atomic mass is 79.9. The van der Waals surface area contributed by atoms with Gasteiger partial charge in [-0.2, -0.15) is 13.4 Å². The summed E-state index contributed by atoms with van der Waals surface area (Å²) in [5, 5.41) is -0.954. The van der Waals surface area contributed by atoms with Crippen LogP contribution in [0.15, 0.2) is 22.7 Å². The lowest BCUT2D eigenvalue weighted by atomic mass is 10.2. The number of nitrogens with zero attached hydrogens (tertiary/aromatic N) is 3. The van der Waals surface area contributed by atoms with Crippen LogP contribution in [0.2, 0.25) is 5.28 Å². The van der Waals surface area contributed by atoms with Crippen molar-refractivity contribution in [1.82, 2.24) is 9.97 Å². The van der Waals surface area contributed by atoms with Crippen LogP contribution < -0.4 is 4.90 Å². The van der Waals surface area contributed by atoms with Crippen molar-refractivity contribution in [3.63, 3.8) is 0 Å². The Kier molecular flexibility index (Phi) is 3.82. The van der Waals surface area contributed by atoms with Crippen molar-refractivity contribution in [1.29, 1.82) is 0 Å². The number of fused-ring (bicyclic) bond motifs is 1. The first-order valence-electron chi connectivity index (χ1n) is 6.12. The maximum atomic E-state index is 13.1. The lowest BCUT2D eigenvalue weighted by Gasteiger charge is -2.17. The molecule has 0 bridgehead atoms. The van der Waals surface area contributed by atoms with Gasteiger partial charge in [0.15, 0.2) is 0 Å². The van der Waals surface area contributed by atoms with E-state index in [2.05, 4.69) is 25.9 Å². The summed E-state index contributed by atoms with van der Waals surface area (Å²) in [6, 6.07) is 5.11. The number of aromatic nitrogens is 2. The molecule has 1 aliphatic rings. The van der Waals surface area contributed by atoms with Crippen LogP contribution in [0.1, 0.15) is 6.42 Å². The van der Waals surface area contributed by atoms with Crippen molar-refractivity contribution in [3.8, 4) is 0 Å². The quantitative estimate of drug-likeness (QED) is 0.563. The molecule has 10 heteroatoms. The number of anilines is 1. The summed E-state index contributed by atoms with van der Waals surface area (Å²) in [6.45, 7) is -0.299. The maximum Gasteiger partial charge on any atom is 0.307 e. The molecule has 0 N–H and O–H groups in total. The van der Waals surface area contributed by atoms with E-state index in [-0.39, 0.29) is 17.6 Å². The third-order valence-electron chi connectivity index (χ3n) is 3.35. The molecule has 0 spiro atoms. The Bertz CT molecular complexity index is 893. The second kappa shape index (κ2) is 5.39. The van der Waals surface area contributed by atoms with Gasteiger partial charge in [0.25, 0.3) is 0 Å². The van der Waals surface area contributed by atoms with Crippen molar-refractivity contribution in [3.05, 3.63) is 28.0 Å². The Morgan fingerprint density at radius 3 is 2.73 bits per heavy atom. The fraction of sp³-hybridized carbons (Fsp3) is 0.250. The average Bonchev–Trinajstić information content (AvgIpc) is 2.80. The molecule has 0 saturated carbocycles. The van der Waals surface area contributed by atoms with Crippen LogP contribution in [0.4, 0.5) is 9.70 Å². The fourth-order valence-corrected chi connectivity index (χ4v) is 3.53. The van der Waals surface area contributed by atoms with Crippen LogP contribution in [-0.4, -0.2) is 36.1 Å². The minimum Gasteiger partial charge on any atom is -0.295 e. The zero-order chi connectivity index (χ0) is 16.1. The number of rotatable bonds is 2. The minimum absolute atomic E-state index is 0.0795. The molecule has 1 aromatic carbocycles. The van der Waals surface area contributed by atoms with E-state index in [1.54, 1.807) is 18.2 Å². The second-order valence-electron chi connectivity index (χ2n) is 4.78. The van der Waals surface area contributed by atoms with Crippen LogP contribution in [-0.2, 0) is 15.0 Å². The number of halogens is 3. The molecule has 1 aliphatic heterocycles. The van der Waals surface area contributed by atoms with Gasteiger partial charge in [0, 0.05) is 22.8 Å². The Labute approximate surface area is 138 Å². The highest BCUT2D eigenvalue weighted by Crippen LogP contribution is 2.32. The van der Waals surface area contributed by atoms with Gasteiger partial charge in [0.2, 0.25) is 11.2 Å².